The first-order valence-corrected chi connectivity index (χ1v) is 10.6. The molecule has 2 aromatic carbocycles. The number of para-hydroxylation sites is 2. The average Bonchev–Trinajstić information content (AvgIpc) is 2.77. The van der Waals surface area contributed by atoms with Crippen LogP contribution in [0.1, 0.15) is 31.2 Å². The Morgan fingerprint density at radius 1 is 1.00 bits per heavy atom. The molecule has 6 nitrogen and oxygen atoms in total. The third kappa shape index (κ3) is 6.79. The van der Waals surface area contributed by atoms with Gasteiger partial charge in [0.2, 0.25) is 5.91 Å². The highest BCUT2D eigenvalue weighted by Crippen LogP contribution is 2.16. The summed E-state index contributed by atoms with van der Waals surface area (Å²) in [6, 6.07) is 17.3. The minimum atomic E-state index is -0.0167. The van der Waals surface area contributed by atoms with Crippen molar-refractivity contribution in [2.24, 2.45) is 0 Å². The van der Waals surface area contributed by atoms with Crippen molar-refractivity contribution < 1.29 is 19.1 Å². The van der Waals surface area contributed by atoms with E-state index in [0.29, 0.717) is 38.3 Å². The fourth-order valence-electron chi connectivity index (χ4n) is 3.46. The van der Waals surface area contributed by atoms with Crippen LogP contribution in [-0.2, 0) is 9.59 Å². The molecule has 1 aliphatic heterocycles. The van der Waals surface area contributed by atoms with Gasteiger partial charge in [-0.05, 0) is 49.9 Å². The van der Waals surface area contributed by atoms with Crippen LogP contribution in [0.25, 0.3) is 0 Å². The van der Waals surface area contributed by atoms with Crippen molar-refractivity contribution in [2.45, 2.75) is 38.6 Å². The number of likely N-dealkylation sites (tertiary alicyclic amines) is 1. The number of nitrogens with one attached hydrogen (secondary N) is 1. The fraction of sp³-hybridized carbons (Fsp3) is 0.417. The number of piperidine rings is 1. The Balaban J connectivity index is 1.29. The van der Waals surface area contributed by atoms with Crippen LogP contribution in [0.3, 0.4) is 0 Å². The Labute approximate surface area is 178 Å². The zero-order valence-electron chi connectivity index (χ0n) is 17.5. The van der Waals surface area contributed by atoms with Crippen molar-refractivity contribution in [3.05, 3.63) is 60.2 Å². The van der Waals surface area contributed by atoms with E-state index in [4.69, 9.17) is 9.47 Å². The van der Waals surface area contributed by atoms with E-state index in [1.165, 1.54) is 0 Å². The Bertz CT molecular complexity index is 817. The van der Waals surface area contributed by atoms with Gasteiger partial charge in [-0.3, -0.25) is 9.59 Å². The van der Waals surface area contributed by atoms with Gasteiger partial charge in [-0.2, -0.15) is 0 Å². The highest BCUT2D eigenvalue weighted by molar-refractivity contribution is 5.78. The number of nitrogens with zero attached hydrogens (tertiary/aromatic N) is 1. The molecule has 160 valence electrons. The third-order valence-corrected chi connectivity index (χ3v) is 5.22. The van der Waals surface area contributed by atoms with Gasteiger partial charge >= 0.3 is 0 Å². The van der Waals surface area contributed by atoms with Crippen LogP contribution < -0.4 is 14.8 Å². The summed E-state index contributed by atoms with van der Waals surface area (Å²) < 4.78 is 11.3. The van der Waals surface area contributed by atoms with Gasteiger partial charge in [0.25, 0.3) is 5.91 Å². The van der Waals surface area contributed by atoms with Gasteiger partial charge in [-0.25, -0.2) is 0 Å². The van der Waals surface area contributed by atoms with Crippen molar-refractivity contribution in [2.75, 3.05) is 26.3 Å². The molecular formula is C24H30N2O4. The SMILES string of the molecule is Cc1ccccc1OCCCC(=O)NC1CCN(C(=O)COc2ccccc2)CC1. The van der Waals surface area contributed by atoms with Crippen LogP contribution in [0.4, 0.5) is 0 Å². The molecule has 0 aromatic heterocycles. The lowest BCUT2D eigenvalue weighted by molar-refractivity contribution is -0.134. The van der Waals surface area contributed by atoms with E-state index < -0.39 is 0 Å². The van der Waals surface area contributed by atoms with E-state index in [9.17, 15) is 9.59 Å². The van der Waals surface area contributed by atoms with E-state index in [1.807, 2.05) is 66.4 Å². The molecule has 0 bridgehead atoms. The van der Waals surface area contributed by atoms with Gasteiger partial charge in [-0.1, -0.05) is 36.4 Å². The van der Waals surface area contributed by atoms with Gasteiger partial charge in [0.05, 0.1) is 6.61 Å². The smallest absolute Gasteiger partial charge is 0.260 e. The van der Waals surface area contributed by atoms with Crippen LogP contribution in [0.5, 0.6) is 11.5 Å². The maximum atomic E-state index is 12.3. The Morgan fingerprint density at radius 3 is 2.43 bits per heavy atom. The number of carbonyl (C=O) groups excluding carboxylic acids is 2. The Kier molecular flexibility index (Phi) is 8.12. The minimum Gasteiger partial charge on any atom is -0.493 e. The molecule has 0 saturated carbocycles. The highest BCUT2D eigenvalue weighted by atomic mass is 16.5. The minimum absolute atomic E-state index is 0.0167. The summed E-state index contributed by atoms with van der Waals surface area (Å²) in [7, 11) is 0. The van der Waals surface area contributed by atoms with E-state index in [-0.39, 0.29) is 24.5 Å². The number of amides is 2. The van der Waals surface area contributed by atoms with Crippen molar-refractivity contribution >= 4 is 11.8 Å². The van der Waals surface area contributed by atoms with Crippen molar-refractivity contribution in [3.63, 3.8) is 0 Å². The second-order valence-corrected chi connectivity index (χ2v) is 7.54. The summed E-state index contributed by atoms with van der Waals surface area (Å²) in [5.74, 6) is 1.59. The van der Waals surface area contributed by atoms with Crippen molar-refractivity contribution in [3.8, 4) is 11.5 Å². The molecule has 2 aromatic rings. The zero-order chi connectivity index (χ0) is 21.2. The molecule has 0 aliphatic carbocycles. The molecule has 0 unspecified atom stereocenters. The van der Waals surface area contributed by atoms with Gasteiger partial charge in [0.1, 0.15) is 11.5 Å². The van der Waals surface area contributed by atoms with E-state index in [0.717, 1.165) is 24.2 Å². The lowest BCUT2D eigenvalue weighted by Crippen LogP contribution is -2.47. The van der Waals surface area contributed by atoms with E-state index >= 15 is 0 Å². The number of aryl methyl sites for hydroxylation is 1. The molecule has 2 amide bonds. The molecule has 30 heavy (non-hydrogen) atoms. The van der Waals surface area contributed by atoms with Crippen molar-refractivity contribution in [1.82, 2.24) is 10.2 Å². The molecule has 0 radical (unpaired) electrons. The number of ether oxygens (including phenoxy) is 2. The summed E-state index contributed by atoms with van der Waals surface area (Å²) in [5.41, 5.74) is 1.09. The van der Waals surface area contributed by atoms with Crippen LogP contribution in [0, 0.1) is 6.92 Å². The van der Waals surface area contributed by atoms with E-state index in [2.05, 4.69) is 5.32 Å². The standard InChI is InChI=1S/C24H30N2O4/c1-19-8-5-6-11-22(19)29-17-7-12-23(27)25-20-13-15-26(16-14-20)24(28)18-30-21-9-3-2-4-10-21/h2-6,8-11,20H,7,12-18H2,1H3,(H,25,27). The molecule has 1 heterocycles. The van der Waals surface area contributed by atoms with Gasteiger partial charge < -0.3 is 19.7 Å². The highest BCUT2D eigenvalue weighted by Gasteiger charge is 2.24. The van der Waals surface area contributed by atoms with Crippen LogP contribution >= 0.6 is 0 Å². The average molecular weight is 411 g/mol. The molecule has 1 N–H and O–H groups in total. The predicted molar refractivity (Wildman–Crippen MR) is 116 cm³/mol. The van der Waals surface area contributed by atoms with E-state index in [1.54, 1.807) is 0 Å². The fourth-order valence-corrected chi connectivity index (χ4v) is 3.46. The summed E-state index contributed by atoms with van der Waals surface area (Å²) in [6.07, 6.45) is 2.65. The monoisotopic (exact) mass is 410 g/mol. The predicted octanol–water partition coefficient (Wildman–Crippen LogP) is 3.34. The zero-order valence-corrected chi connectivity index (χ0v) is 17.5. The summed E-state index contributed by atoms with van der Waals surface area (Å²) in [6.45, 7) is 3.85. The second-order valence-electron chi connectivity index (χ2n) is 7.54. The molecule has 0 spiro atoms. The third-order valence-electron chi connectivity index (χ3n) is 5.22. The van der Waals surface area contributed by atoms with Crippen LogP contribution in [0.15, 0.2) is 54.6 Å². The number of carbonyl (C=O) groups is 2. The number of hydrogen-bond donors (Lipinski definition) is 1. The molecule has 1 fully saturated rings. The largest absolute Gasteiger partial charge is 0.493 e. The van der Waals surface area contributed by atoms with Gasteiger partial charge in [-0.15, -0.1) is 0 Å². The molecular weight excluding hydrogens is 380 g/mol. The topological polar surface area (TPSA) is 67.9 Å². The lowest BCUT2D eigenvalue weighted by Gasteiger charge is -2.32. The first-order chi connectivity index (χ1) is 14.6. The Morgan fingerprint density at radius 2 is 1.70 bits per heavy atom. The summed E-state index contributed by atoms with van der Waals surface area (Å²) in [4.78, 5) is 26.3. The summed E-state index contributed by atoms with van der Waals surface area (Å²) in [5, 5.41) is 3.08. The van der Waals surface area contributed by atoms with Gasteiger partial charge in [0.15, 0.2) is 6.61 Å². The van der Waals surface area contributed by atoms with Gasteiger partial charge in [0, 0.05) is 25.6 Å². The quantitative estimate of drug-likeness (QED) is 0.644. The maximum absolute atomic E-state index is 12.3. The molecule has 0 atom stereocenters. The first-order valence-electron chi connectivity index (χ1n) is 10.6. The van der Waals surface area contributed by atoms with Crippen molar-refractivity contribution in [1.29, 1.82) is 0 Å². The molecule has 1 saturated heterocycles. The number of benzene rings is 2. The molecule has 3 rings (SSSR count). The maximum Gasteiger partial charge on any atom is 0.260 e. The molecule has 1 aliphatic rings. The Hall–Kier alpha value is -3.02. The number of hydrogen-bond acceptors (Lipinski definition) is 4. The second kappa shape index (κ2) is 11.2. The lowest BCUT2D eigenvalue weighted by atomic mass is 10.0. The van der Waals surface area contributed by atoms with Crippen LogP contribution in [0.2, 0.25) is 0 Å². The number of rotatable bonds is 9. The summed E-state index contributed by atoms with van der Waals surface area (Å²) >= 11 is 0. The molecule has 6 heteroatoms. The normalized spacial score (nSPS) is 14.2. The van der Waals surface area contributed by atoms with Crippen LogP contribution in [-0.4, -0.2) is 49.1 Å². The first kappa shape index (κ1) is 21.7.